The molecular formula is C13H17N3O2S4. The van der Waals surface area contributed by atoms with E-state index in [1.807, 2.05) is 6.26 Å². The van der Waals surface area contributed by atoms with E-state index < -0.39 is 10.0 Å². The second kappa shape index (κ2) is 7.67. The summed E-state index contributed by atoms with van der Waals surface area (Å²) < 4.78 is 27.8. The molecule has 2 rings (SSSR count). The fourth-order valence-corrected chi connectivity index (χ4v) is 4.84. The van der Waals surface area contributed by atoms with E-state index in [0.29, 0.717) is 11.0 Å². The van der Waals surface area contributed by atoms with Crippen LogP contribution in [0.1, 0.15) is 13.8 Å². The lowest BCUT2D eigenvalue weighted by molar-refractivity contribution is 0.601. The lowest BCUT2D eigenvalue weighted by Gasteiger charge is -2.05. The predicted octanol–water partition coefficient (Wildman–Crippen LogP) is 3.81. The number of hydrogen-bond acceptors (Lipinski definition) is 7. The predicted molar refractivity (Wildman–Crippen MR) is 94.5 cm³/mol. The molecular weight excluding hydrogens is 358 g/mol. The van der Waals surface area contributed by atoms with Crippen LogP contribution in [0.4, 0.5) is 5.13 Å². The third-order valence-electron chi connectivity index (χ3n) is 2.54. The molecule has 1 aromatic heterocycles. The Hall–Kier alpha value is -0.770. The highest BCUT2D eigenvalue weighted by atomic mass is 32.2. The summed E-state index contributed by atoms with van der Waals surface area (Å²) >= 11 is 4.40. The molecule has 1 aromatic carbocycles. The molecule has 0 fully saturated rings. The van der Waals surface area contributed by atoms with Crippen molar-refractivity contribution in [3.63, 3.8) is 0 Å². The fraction of sp³-hybridized carbons (Fsp3) is 0.385. The first-order valence-corrected chi connectivity index (χ1v) is 11.0. The molecule has 2 aromatic rings. The number of rotatable bonds is 7. The number of nitrogens with zero attached hydrogens (tertiary/aromatic N) is 2. The number of aromatic nitrogens is 2. The van der Waals surface area contributed by atoms with Gasteiger partial charge in [0.25, 0.3) is 10.0 Å². The van der Waals surface area contributed by atoms with Crippen molar-refractivity contribution in [2.45, 2.75) is 28.0 Å². The molecule has 0 spiro atoms. The number of hydrogen-bond donors (Lipinski definition) is 1. The van der Waals surface area contributed by atoms with Gasteiger partial charge in [-0.25, -0.2) is 8.42 Å². The summed E-state index contributed by atoms with van der Waals surface area (Å²) in [4.78, 5) is 1.24. The zero-order chi connectivity index (χ0) is 16.2. The second-order valence-corrected chi connectivity index (χ2v) is 9.67. The SMILES string of the molecule is CSc1ccc(S(=O)(=O)Nc2nnc(SCC(C)C)s2)cc1. The Bertz CT molecular complexity index is 711. The molecule has 0 aliphatic heterocycles. The van der Waals surface area contributed by atoms with Crippen LogP contribution in [0.5, 0.6) is 0 Å². The van der Waals surface area contributed by atoms with Gasteiger partial charge in [0.05, 0.1) is 4.90 Å². The minimum absolute atomic E-state index is 0.219. The van der Waals surface area contributed by atoms with Gasteiger partial charge < -0.3 is 0 Å². The molecule has 0 amide bonds. The summed E-state index contributed by atoms with van der Waals surface area (Å²) in [6.07, 6.45) is 1.94. The number of anilines is 1. The highest BCUT2D eigenvalue weighted by Gasteiger charge is 2.17. The molecule has 0 unspecified atom stereocenters. The average Bonchev–Trinajstić information content (AvgIpc) is 2.92. The zero-order valence-electron chi connectivity index (χ0n) is 12.4. The van der Waals surface area contributed by atoms with Gasteiger partial charge >= 0.3 is 0 Å². The zero-order valence-corrected chi connectivity index (χ0v) is 15.7. The molecule has 0 aliphatic rings. The smallest absolute Gasteiger partial charge is 0.253 e. The molecule has 22 heavy (non-hydrogen) atoms. The molecule has 1 heterocycles. The van der Waals surface area contributed by atoms with Crippen LogP contribution in [0.25, 0.3) is 0 Å². The van der Waals surface area contributed by atoms with Gasteiger partial charge in [0.2, 0.25) is 5.13 Å². The maximum atomic E-state index is 12.3. The number of thioether (sulfide) groups is 2. The van der Waals surface area contributed by atoms with Crippen molar-refractivity contribution in [3.8, 4) is 0 Å². The molecule has 0 saturated carbocycles. The van der Waals surface area contributed by atoms with Crippen LogP contribution in [0.15, 0.2) is 38.4 Å². The van der Waals surface area contributed by atoms with E-state index in [1.54, 1.807) is 47.8 Å². The Kier molecular flexibility index (Phi) is 6.13. The lowest BCUT2D eigenvalue weighted by Crippen LogP contribution is -2.12. The molecule has 9 heteroatoms. The summed E-state index contributed by atoms with van der Waals surface area (Å²) in [6, 6.07) is 6.74. The van der Waals surface area contributed by atoms with Crippen molar-refractivity contribution in [2.24, 2.45) is 5.92 Å². The molecule has 1 N–H and O–H groups in total. The van der Waals surface area contributed by atoms with Crippen LogP contribution in [0.3, 0.4) is 0 Å². The van der Waals surface area contributed by atoms with E-state index in [0.717, 1.165) is 15.0 Å². The quantitative estimate of drug-likeness (QED) is 0.742. The largest absolute Gasteiger partial charge is 0.263 e. The van der Waals surface area contributed by atoms with Crippen molar-refractivity contribution in [3.05, 3.63) is 24.3 Å². The minimum Gasteiger partial charge on any atom is -0.253 e. The van der Waals surface area contributed by atoms with E-state index in [1.165, 1.54) is 11.3 Å². The summed E-state index contributed by atoms with van der Waals surface area (Å²) in [5.74, 6) is 1.47. The summed E-state index contributed by atoms with van der Waals surface area (Å²) in [6.45, 7) is 4.24. The van der Waals surface area contributed by atoms with Gasteiger partial charge in [-0.3, -0.25) is 4.72 Å². The Labute approximate surface area is 143 Å². The summed E-state index contributed by atoms with van der Waals surface area (Å²) in [5.41, 5.74) is 0. The first-order chi connectivity index (χ1) is 10.4. The van der Waals surface area contributed by atoms with Crippen LogP contribution in [0.2, 0.25) is 0 Å². The van der Waals surface area contributed by atoms with Crippen LogP contribution >= 0.6 is 34.9 Å². The van der Waals surface area contributed by atoms with Crippen LogP contribution in [-0.2, 0) is 10.0 Å². The van der Waals surface area contributed by atoms with Gasteiger partial charge in [0.1, 0.15) is 0 Å². The van der Waals surface area contributed by atoms with Crippen molar-refractivity contribution in [2.75, 3.05) is 16.7 Å². The second-order valence-electron chi connectivity index (χ2n) is 4.86. The van der Waals surface area contributed by atoms with Crippen molar-refractivity contribution in [1.82, 2.24) is 10.2 Å². The van der Waals surface area contributed by atoms with Gasteiger partial charge in [0.15, 0.2) is 4.34 Å². The topological polar surface area (TPSA) is 72.0 Å². The molecule has 120 valence electrons. The van der Waals surface area contributed by atoms with E-state index in [2.05, 4.69) is 28.8 Å². The maximum absolute atomic E-state index is 12.3. The maximum Gasteiger partial charge on any atom is 0.263 e. The van der Waals surface area contributed by atoms with Gasteiger partial charge in [-0.05, 0) is 36.4 Å². The van der Waals surface area contributed by atoms with Crippen LogP contribution < -0.4 is 4.72 Å². The normalized spacial score (nSPS) is 11.8. The van der Waals surface area contributed by atoms with E-state index in [-0.39, 0.29) is 4.90 Å². The number of benzene rings is 1. The highest BCUT2D eigenvalue weighted by molar-refractivity contribution is 8.01. The molecule has 0 atom stereocenters. The third kappa shape index (κ3) is 4.87. The van der Waals surface area contributed by atoms with E-state index in [4.69, 9.17) is 0 Å². The van der Waals surface area contributed by atoms with Crippen molar-refractivity contribution < 1.29 is 8.42 Å². The molecule has 0 aliphatic carbocycles. The van der Waals surface area contributed by atoms with E-state index >= 15 is 0 Å². The standard InChI is InChI=1S/C13H17N3O2S4/c1-9(2)8-20-13-15-14-12(21-13)16-22(17,18)11-6-4-10(19-3)5-7-11/h4-7,9H,8H2,1-3H3,(H,14,16). The monoisotopic (exact) mass is 375 g/mol. The Morgan fingerprint density at radius 2 is 1.91 bits per heavy atom. The van der Waals surface area contributed by atoms with E-state index in [9.17, 15) is 8.42 Å². The van der Waals surface area contributed by atoms with Gasteiger partial charge in [-0.2, -0.15) is 0 Å². The van der Waals surface area contributed by atoms with Crippen molar-refractivity contribution >= 4 is 50.0 Å². The van der Waals surface area contributed by atoms with Crippen LogP contribution in [-0.4, -0.2) is 30.6 Å². The third-order valence-corrected chi connectivity index (χ3v) is 7.16. The van der Waals surface area contributed by atoms with Gasteiger partial charge in [-0.1, -0.05) is 36.9 Å². The molecule has 5 nitrogen and oxygen atoms in total. The molecule has 0 bridgehead atoms. The lowest BCUT2D eigenvalue weighted by atomic mass is 10.3. The fourth-order valence-electron chi connectivity index (χ4n) is 1.48. The minimum atomic E-state index is -3.62. The van der Waals surface area contributed by atoms with Crippen molar-refractivity contribution in [1.29, 1.82) is 0 Å². The summed E-state index contributed by atoms with van der Waals surface area (Å²) in [7, 11) is -3.62. The van der Waals surface area contributed by atoms with Crippen LogP contribution in [0, 0.1) is 5.92 Å². The van der Waals surface area contributed by atoms with Gasteiger partial charge in [-0.15, -0.1) is 22.0 Å². The summed E-state index contributed by atoms with van der Waals surface area (Å²) in [5, 5.41) is 8.18. The first kappa shape index (κ1) is 17.6. The average molecular weight is 376 g/mol. The Morgan fingerprint density at radius 3 is 2.50 bits per heavy atom. The molecule has 0 radical (unpaired) electrons. The Balaban J connectivity index is 2.08. The molecule has 0 saturated heterocycles. The first-order valence-electron chi connectivity index (χ1n) is 6.54. The number of nitrogens with one attached hydrogen (secondary N) is 1. The highest BCUT2D eigenvalue weighted by Crippen LogP contribution is 2.28. The van der Waals surface area contributed by atoms with Gasteiger partial charge in [0, 0.05) is 10.6 Å². The Morgan fingerprint density at radius 1 is 1.23 bits per heavy atom. The number of sulfonamides is 1.